The number of rotatable bonds is 5. The van der Waals surface area contributed by atoms with E-state index in [9.17, 15) is 14.4 Å². The maximum atomic E-state index is 12.3. The summed E-state index contributed by atoms with van der Waals surface area (Å²) in [5, 5.41) is 5.52. The van der Waals surface area contributed by atoms with Crippen molar-refractivity contribution in [3.8, 4) is 0 Å². The molecule has 0 aliphatic carbocycles. The molecule has 2 N–H and O–H groups in total. The molecule has 0 aromatic carbocycles. The van der Waals surface area contributed by atoms with Gasteiger partial charge in [0, 0.05) is 27.2 Å². The van der Waals surface area contributed by atoms with Gasteiger partial charge in [0.2, 0.25) is 5.91 Å². The first-order chi connectivity index (χ1) is 9.97. The van der Waals surface area contributed by atoms with Gasteiger partial charge in [0.25, 0.3) is 5.56 Å². The monoisotopic (exact) mass is 330 g/mol. The highest BCUT2D eigenvalue weighted by atomic mass is 35.5. The lowest BCUT2D eigenvalue weighted by Gasteiger charge is -2.09. The van der Waals surface area contributed by atoms with Crippen LogP contribution in [-0.2, 0) is 25.4 Å². The average Bonchev–Trinajstić information content (AvgIpc) is 2.84. The SMILES string of the molecule is CNCCNC(=O)Cn1c(=O)c2c(ncn2C)n(C)c1=O.Cl. The zero-order chi connectivity index (χ0) is 15.6. The fourth-order valence-electron chi connectivity index (χ4n) is 2.06. The molecule has 22 heavy (non-hydrogen) atoms. The lowest BCUT2D eigenvalue weighted by molar-refractivity contribution is -0.121. The van der Waals surface area contributed by atoms with Crippen molar-refractivity contribution in [2.75, 3.05) is 20.1 Å². The van der Waals surface area contributed by atoms with Crippen LogP contribution >= 0.6 is 12.4 Å². The molecule has 0 radical (unpaired) electrons. The Kier molecular flexibility index (Phi) is 5.89. The van der Waals surface area contributed by atoms with Crippen LogP contribution in [0, 0.1) is 0 Å². The van der Waals surface area contributed by atoms with E-state index in [1.807, 2.05) is 0 Å². The topological polar surface area (TPSA) is 103 Å². The summed E-state index contributed by atoms with van der Waals surface area (Å²) in [7, 11) is 4.95. The molecule has 2 aromatic heterocycles. The third kappa shape index (κ3) is 3.20. The highest BCUT2D eigenvalue weighted by Gasteiger charge is 2.16. The van der Waals surface area contributed by atoms with Gasteiger partial charge in [-0.05, 0) is 7.05 Å². The second-order valence-electron chi connectivity index (χ2n) is 4.71. The summed E-state index contributed by atoms with van der Waals surface area (Å²) in [5.41, 5.74) is -0.480. The first-order valence-electron chi connectivity index (χ1n) is 6.49. The molecule has 2 aromatic rings. The summed E-state index contributed by atoms with van der Waals surface area (Å²) in [4.78, 5) is 40.3. The zero-order valence-electron chi connectivity index (χ0n) is 12.6. The summed E-state index contributed by atoms with van der Waals surface area (Å²) < 4.78 is 3.71. The highest BCUT2D eigenvalue weighted by Crippen LogP contribution is 2.02. The summed E-state index contributed by atoms with van der Waals surface area (Å²) >= 11 is 0. The van der Waals surface area contributed by atoms with Crippen LogP contribution in [0.4, 0.5) is 0 Å². The largest absolute Gasteiger partial charge is 0.353 e. The van der Waals surface area contributed by atoms with E-state index in [1.54, 1.807) is 14.1 Å². The van der Waals surface area contributed by atoms with Gasteiger partial charge in [-0.1, -0.05) is 0 Å². The van der Waals surface area contributed by atoms with Crippen molar-refractivity contribution in [3.05, 3.63) is 27.2 Å². The third-order valence-electron chi connectivity index (χ3n) is 3.20. The molecule has 0 bridgehead atoms. The van der Waals surface area contributed by atoms with Crippen LogP contribution in [0.5, 0.6) is 0 Å². The van der Waals surface area contributed by atoms with E-state index < -0.39 is 11.2 Å². The second kappa shape index (κ2) is 7.23. The Morgan fingerprint density at radius 1 is 1.27 bits per heavy atom. The molecule has 0 aliphatic rings. The molecule has 0 saturated heterocycles. The number of halogens is 1. The average molecular weight is 331 g/mol. The number of hydrogen-bond acceptors (Lipinski definition) is 5. The van der Waals surface area contributed by atoms with Crippen molar-refractivity contribution in [3.63, 3.8) is 0 Å². The number of likely N-dealkylation sites (N-methyl/N-ethyl adjacent to an activating group) is 1. The van der Waals surface area contributed by atoms with E-state index in [0.29, 0.717) is 24.3 Å². The van der Waals surface area contributed by atoms with Gasteiger partial charge in [0.1, 0.15) is 6.54 Å². The van der Waals surface area contributed by atoms with Crippen LogP contribution in [0.1, 0.15) is 0 Å². The van der Waals surface area contributed by atoms with E-state index in [2.05, 4.69) is 15.6 Å². The number of fused-ring (bicyclic) bond motifs is 1. The quantitative estimate of drug-likeness (QED) is 0.629. The molecule has 10 heteroatoms. The molecule has 122 valence electrons. The normalized spacial score (nSPS) is 10.5. The lowest BCUT2D eigenvalue weighted by Crippen LogP contribution is -2.44. The van der Waals surface area contributed by atoms with Gasteiger partial charge < -0.3 is 15.2 Å². The van der Waals surface area contributed by atoms with Crippen LogP contribution in [0.25, 0.3) is 11.2 Å². The van der Waals surface area contributed by atoms with Crippen molar-refractivity contribution in [1.82, 2.24) is 29.3 Å². The van der Waals surface area contributed by atoms with Gasteiger partial charge in [-0.15, -0.1) is 12.4 Å². The van der Waals surface area contributed by atoms with Gasteiger partial charge in [0.15, 0.2) is 11.2 Å². The van der Waals surface area contributed by atoms with E-state index in [4.69, 9.17) is 0 Å². The van der Waals surface area contributed by atoms with Crippen LogP contribution < -0.4 is 21.9 Å². The van der Waals surface area contributed by atoms with Gasteiger partial charge in [-0.25, -0.2) is 14.3 Å². The molecule has 1 amide bonds. The van der Waals surface area contributed by atoms with E-state index in [-0.39, 0.29) is 24.9 Å². The molecule has 0 unspecified atom stereocenters. The Hall–Kier alpha value is -2.13. The Morgan fingerprint density at radius 2 is 1.95 bits per heavy atom. The second-order valence-corrected chi connectivity index (χ2v) is 4.71. The van der Waals surface area contributed by atoms with Crippen LogP contribution in [0.2, 0.25) is 0 Å². The summed E-state index contributed by atoms with van der Waals surface area (Å²) in [5.74, 6) is -0.383. The number of imidazole rings is 1. The Morgan fingerprint density at radius 3 is 2.59 bits per heavy atom. The van der Waals surface area contributed by atoms with E-state index >= 15 is 0 Å². The van der Waals surface area contributed by atoms with Crippen LogP contribution in [-0.4, -0.2) is 44.7 Å². The zero-order valence-corrected chi connectivity index (χ0v) is 13.4. The molecule has 9 nitrogen and oxygen atoms in total. The predicted molar refractivity (Wildman–Crippen MR) is 84.4 cm³/mol. The summed E-state index contributed by atoms with van der Waals surface area (Å²) in [6, 6.07) is 0. The van der Waals surface area contributed by atoms with Gasteiger partial charge >= 0.3 is 5.69 Å². The number of amides is 1. The Bertz CT molecular complexity index is 790. The molecular weight excluding hydrogens is 312 g/mol. The van der Waals surface area contributed by atoms with Gasteiger partial charge in [0.05, 0.1) is 6.33 Å². The first-order valence-corrected chi connectivity index (χ1v) is 6.49. The fraction of sp³-hybridized carbons (Fsp3) is 0.500. The fourth-order valence-corrected chi connectivity index (χ4v) is 2.06. The first kappa shape index (κ1) is 17.9. The predicted octanol–water partition coefficient (Wildman–Crippen LogP) is -1.81. The minimum absolute atomic E-state index is 0. The maximum Gasteiger partial charge on any atom is 0.332 e. The Balaban J connectivity index is 0.00000242. The van der Waals surface area contributed by atoms with E-state index in [1.165, 1.54) is 22.5 Å². The molecule has 0 saturated carbocycles. The molecule has 2 heterocycles. The van der Waals surface area contributed by atoms with Crippen molar-refractivity contribution in [1.29, 1.82) is 0 Å². The number of hydrogen-bond donors (Lipinski definition) is 2. The van der Waals surface area contributed by atoms with Crippen molar-refractivity contribution >= 4 is 29.5 Å². The van der Waals surface area contributed by atoms with Gasteiger partial charge in [-0.2, -0.15) is 0 Å². The molecule has 2 rings (SSSR count). The number of aromatic nitrogens is 4. The molecule has 0 spiro atoms. The minimum atomic E-state index is -0.560. The smallest absolute Gasteiger partial charge is 0.332 e. The number of nitrogens with zero attached hydrogens (tertiary/aromatic N) is 4. The molecular formula is C12H19ClN6O3. The number of aryl methyl sites for hydroxylation is 2. The summed E-state index contributed by atoms with van der Waals surface area (Å²) in [6.07, 6.45) is 1.46. The third-order valence-corrected chi connectivity index (χ3v) is 3.20. The molecule has 0 atom stereocenters. The lowest BCUT2D eigenvalue weighted by atomic mass is 10.4. The van der Waals surface area contributed by atoms with E-state index in [0.717, 1.165) is 4.57 Å². The van der Waals surface area contributed by atoms with Crippen molar-refractivity contribution in [2.24, 2.45) is 14.1 Å². The Labute approximate surface area is 132 Å². The van der Waals surface area contributed by atoms with Crippen LogP contribution in [0.3, 0.4) is 0 Å². The summed E-state index contributed by atoms with van der Waals surface area (Å²) in [6.45, 7) is 0.730. The minimum Gasteiger partial charge on any atom is -0.353 e. The molecule has 0 aliphatic heterocycles. The van der Waals surface area contributed by atoms with Crippen molar-refractivity contribution in [2.45, 2.75) is 6.54 Å². The number of carbonyl (C=O) groups is 1. The molecule has 0 fully saturated rings. The van der Waals surface area contributed by atoms with Gasteiger partial charge in [-0.3, -0.25) is 14.2 Å². The van der Waals surface area contributed by atoms with Crippen molar-refractivity contribution < 1.29 is 4.79 Å². The maximum absolute atomic E-state index is 12.3. The number of nitrogens with one attached hydrogen (secondary N) is 2. The highest BCUT2D eigenvalue weighted by molar-refractivity contribution is 5.85. The standard InChI is InChI=1S/C12H18N6O3.ClH/c1-13-4-5-14-8(19)6-18-11(20)9-10(15-7-16(9)2)17(3)12(18)21;/h7,13H,4-6H2,1-3H3,(H,14,19);1H. The number of carbonyl (C=O) groups excluding carboxylic acids is 1. The van der Waals surface area contributed by atoms with Crippen LogP contribution in [0.15, 0.2) is 15.9 Å².